The van der Waals surface area contributed by atoms with E-state index in [2.05, 4.69) is 19.2 Å². The summed E-state index contributed by atoms with van der Waals surface area (Å²) < 4.78 is 5.92. The molecule has 4 rings (SSSR count). The smallest absolute Gasteiger partial charge is 0.325 e. The molecule has 4 aliphatic carbocycles. The summed E-state index contributed by atoms with van der Waals surface area (Å²) >= 11 is 0. The van der Waals surface area contributed by atoms with Gasteiger partial charge in [0.05, 0.1) is 6.42 Å². The van der Waals surface area contributed by atoms with E-state index < -0.39 is 17.9 Å². The second kappa shape index (κ2) is 8.88. The van der Waals surface area contributed by atoms with Crippen molar-refractivity contribution < 1.29 is 29.0 Å². The molecule has 4 aliphatic rings. The summed E-state index contributed by atoms with van der Waals surface area (Å²) in [7, 11) is 0. The molecule has 0 saturated heterocycles. The Balaban J connectivity index is 1.37. The molecule has 0 bridgehead atoms. The quantitative estimate of drug-likeness (QED) is 0.585. The van der Waals surface area contributed by atoms with Crippen molar-refractivity contribution in [2.24, 2.45) is 28.6 Å². The Bertz CT molecular complexity index is 880. The van der Waals surface area contributed by atoms with Crippen LogP contribution in [0, 0.1) is 28.6 Å². The van der Waals surface area contributed by atoms with Crippen LogP contribution in [0.5, 0.6) is 0 Å². The van der Waals surface area contributed by atoms with Crippen molar-refractivity contribution in [2.45, 2.75) is 97.1 Å². The van der Waals surface area contributed by atoms with Gasteiger partial charge in [0.15, 0.2) is 5.78 Å². The van der Waals surface area contributed by atoms with Gasteiger partial charge >= 0.3 is 11.9 Å². The predicted molar refractivity (Wildman–Crippen MR) is 121 cm³/mol. The summed E-state index contributed by atoms with van der Waals surface area (Å²) in [6, 6.07) is -0.979. The number of ether oxygens (including phenoxy) is 1. The highest BCUT2D eigenvalue weighted by atomic mass is 16.5. The molecule has 7 heteroatoms. The van der Waals surface area contributed by atoms with Crippen molar-refractivity contribution in [1.29, 1.82) is 0 Å². The molecular weight excluding hydrogens is 422 g/mol. The largest absolute Gasteiger partial charge is 0.480 e. The van der Waals surface area contributed by atoms with Crippen LogP contribution >= 0.6 is 0 Å². The maximum Gasteiger partial charge on any atom is 0.325 e. The monoisotopic (exact) mass is 459 g/mol. The Morgan fingerprint density at radius 2 is 1.85 bits per heavy atom. The Morgan fingerprint density at radius 1 is 1.09 bits per heavy atom. The number of hydrogen-bond donors (Lipinski definition) is 2. The fourth-order valence-electron chi connectivity index (χ4n) is 7.51. The second-order valence-electron chi connectivity index (χ2n) is 11.2. The van der Waals surface area contributed by atoms with Crippen LogP contribution < -0.4 is 5.32 Å². The van der Waals surface area contributed by atoms with Crippen LogP contribution in [0.15, 0.2) is 11.6 Å². The molecule has 182 valence electrons. The standard InChI is InChI=1S/C26H37NO6/c1-15(24(31)32)27-22(29)8-9-23(30)33-21-7-6-19-18-5-4-16-14-17(28)10-12-25(16,2)20(18)11-13-26(19,21)3/h14-15,18-21H,4-13H2,1-3H3,(H,27,29)(H,31,32)/t15-,18-,19-,20-,21+,25-,26-/m0/s1. The molecule has 1 amide bonds. The number of ketones is 1. The van der Waals surface area contributed by atoms with E-state index in [0.717, 1.165) is 44.9 Å². The topological polar surface area (TPSA) is 110 Å². The first kappa shape index (κ1) is 24.0. The maximum absolute atomic E-state index is 12.5. The van der Waals surface area contributed by atoms with Gasteiger partial charge in [0, 0.05) is 18.3 Å². The number of allylic oxidation sites excluding steroid dienone is 1. The minimum atomic E-state index is -1.11. The number of amides is 1. The van der Waals surface area contributed by atoms with Crippen molar-refractivity contribution in [3.05, 3.63) is 11.6 Å². The number of carbonyl (C=O) groups is 4. The van der Waals surface area contributed by atoms with Crippen LogP contribution in [0.3, 0.4) is 0 Å². The Morgan fingerprint density at radius 3 is 2.58 bits per heavy atom. The summed E-state index contributed by atoms with van der Waals surface area (Å²) in [5, 5.41) is 11.3. The van der Waals surface area contributed by atoms with Gasteiger partial charge in [0.25, 0.3) is 0 Å². The van der Waals surface area contributed by atoms with Gasteiger partial charge in [-0.2, -0.15) is 0 Å². The minimum absolute atomic E-state index is 0.0400. The first-order chi connectivity index (χ1) is 15.5. The van der Waals surface area contributed by atoms with Gasteiger partial charge in [-0.3, -0.25) is 19.2 Å². The number of esters is 1. The van der Waals surface area contributed by atoms with Gasteiger partial charge in [0.2, 0.25) is 5.91 Å². The van der Waals surface area contributed by atoms with Crippen molar-refractivity contribution >= 4 is 23.6 Å². The lowest BCUT2D eigenvalue weighted by Gasteiger charge is -2.57. The molecule has 0 unspecified atom stereocenters. The van der Waals surface area contributed by atoms with Gasteiger partial charge in [-0.25, -0.2) is 0 Å². The lowest BCUT2D eigenvalue weighted by Crippen LogP contribution is -2.51. The molecule has 3 saturated carbocycles. The molecule has 7 nitrogen and oxygen atoms in total. The van der Waals surface area contributed by atoms with Crippen LogP contribution in [0.1, 0.15) is 85.0 Å². The fraction of sp³-hybridized carbons (Fsp3) is 0.769. The van der Waals surface area contributed by atoms with Crippen LogP contribution in [0.4, 0.5) is 0 Å². The van der Waals surface area contributed by atoms with Gasteiger partial charge in [0.1, 0.15) is 12.1 Å². The number of hydrogen-bond acceptors (Lipinski definition) is 5. The highest BCUT2D eigenvalue weighted by Crippen LogP contribution is 2.65. The third-order valence-corrected chi connectivity index (χ3v) is 9.45. The van der Waals surface area contributed by atoms with Crippen LogP contribution in [-0.2, 0) is 23.9 Å². The van der Waals surface area contributed by atoms with E-state index in [1.165, 1.54) is 12.5 Å². The maximum atomic E-state index is 12.5. The van der Waals surface area contributed by atoms with Gasteiger partial charge in [-0.1, -0.05) is 19.4 Å². The number of aliphatic carboxylic acids is 1. The predicted octanol–water partition coefficient (Wildman–Crippen LogP) is 3.80. The molecule has 0 aromatic heterocycles. The third kappa shape index (κ3) is 4.35. The first-order valence-corrected chi connectivity index (χ1v) is 12.5. The molecule has 0 aromatic carbocycles. The normalized spacial score (nSPS) is 38.3. The average molecular weight is 460 g/mol. The summed E-state index contributed by atoms with van der Waals surface area (Å²) in [5.41, 5.74) is 1.45. The molecule has 7 atom stereocenters. The molecule has 3 fully saturated rings. The lowest BCUT2D eigenvalue weighted by atomic mass is 9.47. The minimum Gasteiger partial charge on any atom is -0.480 e. The summed E-state index contributed by atoms with van der Waals surface area (Å²) in [6.45, 7) is 6.04. The second-order valence-corrected chi connectivity index (χ2v) is 11.2. The van der Waals surface area contributed by atoms with E-state index in [-0.39, 0.29) is 41.5 Å². The Kier molecular flexibility index (Phi) is 6.45. The zero-order valence-electron chi connectivity index (χ0n) is 20.0. The molecule has 2 N–H and O–H groups in total. The molecule has 0 aliphatic heterocycles. The molecule has 0 radical (unpaired) electrons. The third-order valence-electron chi connectivity index (χ3n) is 9.45. The Hall–Kier alpha value is -2.18. The van der Waals surface area contributed by atoms with Gasteiger partial charge in [-0.15, -0.1) is 0 Å². The summed E-state index contributed by atoms with van der Waals surface area (Å²) in [4.78, 5) is 47.3. The lowest BCUT2D eigenvalue weighted by molar-refractivity contribution is -0.160. The van der Waals surface area contributed by atoms with Crippen molar-refractivity contribution in [2.75, 3.05) is 0 Å². The van der Waals surface area contributed by atoms with E-state index in [1.807, 2.05) is 6.08 Å². The summed E-state index contributed by atoms with van der Waals surface area (Å²) in [6.07, 6.45) is 9.46. The number of carbonyl (C=O) groups excluding carboxylic acids is 3. The first-order valence-electron chi connectivity index (χ1n) is 12.5. The van der Waals surface area contributed by atoms with Crippen LogP contribution in [-0.4, -0.2) is 40.9 Å². The molecule has 0 spiro atoms. The summed E-state index contributed by atoms with van der Waals surface area (Å²) in [5.74, 6) is 0.0526. The van der Waals surface area contributed by atoms with Gasteiger partial charge in [-0.05, 0) is 81.1 Å². The molecule has 33 heavy (non-hydrogen) atoms. The zero-order chi connectivity index (χ0) is 24.0. The number of fused-ring (bicyclic) bond motifs is 5. The van der Waals surface area contributed by atoms with Crippen LogP contribution in [0.25, 0.3) is 0 Å². The highest BCUT2D eigenvalue weighted by Gasteiger charge is 2.59. The fourth-order valence-corrected chi connectivity index (χ4v) is 7.51. The number of rotatable bonds is 6. The van der Waals surface area contributed by atoms with E-state index in [0.29, 0.717) is 24.2 Å². The molecular formula is C26H37NO6. The average Bonchev–Trinajstić information content (AvgIpc) is 3.09. The van der Waals surface area contributed by atoms with Crippen molar-refractivity contribution in [3.63, 3.8) is 0 Å². The van der Waals surface area contributed by atoms with Crippen molar-refractivity contribution in [1.82, 2.24) is 5.32 Å². The molecule has 0 aromatic rings. The van der Waals surface area contributed by atoms with E-state index in [1.54, 1.807) is 0 Å². The van der Waals surface area contributed by atoms with Crippen LogP contribution in [0.2, 0.25) is 0 Å². The van der Waals surface area contributed by atoms with E-state index in [9.17, 15) is 19.2 Å². The van der Waals surface area contributed by atoms with Gasteiger partial charge < -0.3 is 15.2 Å². The number of carboxylic acids is 1. The number of nitrogens with one attached hydrogen (secondary N) is 1. The SMILES string of the molecule is C[C@H](NC(=O)CCC(=O)O[C@@H]1CC[C@H]2[C@@H]3CCC4=CC(=O)CC[C@]4(C)[C@H]3CC[C@]12C)C(=O)O. The van der Waals surface area contributed by atoms with E-state index in [4.69, 9.17) is 9.84 Å². The highest BCUT2D eigenvalue weighted by molar-refractivity contribution is 5.91. The van der Waals surface area contributed by atoms with E-state index >= 15 is 0 Å². The molecule has 0 heterocycles. The van der Waals surface area contributed by atoms with Crippen molar-refractivity contribution in [3.8, 4) is 0 Å². The zero-order valence-corrected chi connectivity index (χ0v) is 20.0. The number of carboxylic acid groups (broad SMARTS) is 1. The Labute approximate surface area is 195 Å².